The van der Waals surface area contributed by atoms with E-state index in [1.807, 2.05) is 19.0 Å². The van der Waals surface area contributed by atoms with E-state index in [0.29, 0.717) is 25.2 Å². The van der Waals surface area contributed by atoms with Crippen molar-refractivity contribution in [2.24, 2.45) is 0 Å². The minimum Gasteiger partial charge on any atom is -0.308 e. The summed E-state index contributed by atoms with van der Waals surface area (Å²) in [6.07, 6.45) is 3.82. The normalized spacial score (nSPS) is 16.6. The second-order valence-electron chi connectivity index (χ2n) is 8.43. The molecule has 1 saturated heterocycles. The van der Waals surface area contributed by atoms with Crippen LogP contribution in [0.5, 0.6) is 0 Å². The molecule has 2 aromatic carbocycles. The van der Waals surface area contributed by atoms with Crippen LogP contribution in [0, 0.1) is 5.82 Å². The van der Waals surface area contributed by atoms with E-state index in [1.54, 1.807) is 30.3 Å². The van der Waals surface area contributed by atoms with Crippen molar-refractivity contribution < 1.29 is 17.6 Å². The van der Waals surface area contributed by atoms with Gasteiger partial charge in [-0.2, -0.15) is 4.31 Å². The minimum absolute atomic E-state index is 0.0295. The maximum Gasteiger partial charge on any atom is 0.243 e. The molecule has 0 bridgehead atoms. The van der Waals surface area contributed by atoms with Crippen molar-refractivity contribution in [3.05, 3.63) is 65.5 Å². The Labute approximate surface area is 190 Å². The van der Waals surface area contributed by atoms with Gasteiger partial charge in [0, 0.05) is 31.2 Å². The number of carbonyl (C=O) groups excluding carboxylic acids is 1. The first-order valence-corrected chi connectivity index (χ1v) is 12.5. The van der Waals surface area contributed by atoms with Crippen molar-refractivity contribution in [2.75, 3.05) is 40.3 Å². The van der Waals surface area contributed by atoms with Crippen LogP contribution in [-0.4, -0.2) is 63.7 Å². The molecule has 0 radical (unpaired) electrons. The second-order valence-corrected chi connectivity index (χ2v) is 10.4. The van der Waals surface area contributed by atoms with Gasteiger partial charge >= 0.3 is 0 Å². The molecule has 174 valence electrons. The predicted molar refractivity (Wildman–Crippen MR) is 124 cm³/mol. The molecule has 2 aromatic rings. The SMILES string of the molecule is CN(C)C(CNCC(=O)c1cccc(S(=O)(=O)N2CCCCCC2)c1)c1ccc(F)cc1. The molecular formula is C24H32FN3O3S. The molecule has 3 rings (SSSR count). The van der Waals surface area contributed by atoms with Crippen molar-refractivity contribution in [3.63, 3.8) is 0 Å². The topological polar surface area (TPSA) is 69.7 Å². The summed E-state index contributed by atoms with van der Waals surface area (Å²) >= 11 is 0. The molecular weight excluding hydrogens is 429 g/mol. The summed E-state index contributed by atoms with van der Waals surface area (Å²) in [5.74, 6) is -0.459. The van der Waals surface area contributed by atoms with E-state index in [1.165, 1.54) is 22.5 Å². The van der Waals surface area contributed by atoms with Gasteiger partial charge in [0.1, 0.15) is 5.82 Å². The number of sulfonamides is 1. The predicted octanol–water partition coefficient (Wildman–Crippen LogP) is 3.47. The highest BCUT2D eigenvalue weighted by molar-refractivity contribution is 7.89. The fraction of sp³-hybridized carbons (Fsp3) is 0.458. The lowest BCUT2D eigenvalue weighted by Gasteiger charge is -2.25. The fourth-order valence-electron chi connectivity index (χ4n) is 3.97. The molecule has 1 aliphatic heterocycles. The van der Waals surface area contributed by atoms with Gasteiger partial charge in [-0.15, -0.1) is 0 Å². The molecule has 1 N–H and O–H groups in total. The Morgan fingerprint density at radius 1 is 1.06 bits per heavy atom. The van der Waals surface area contributed by atoms with Crippen LogP contribution in [0.2, 0.25) is 0 Å². The third kappa shape index (κ3) is 6.22. The number of rotatable bonds is 9. The molecule has 0 aliphatic carbocycles. The van der Waals surface area contributed by atoms with Crippen LogP contribution in [0.25, 0.3) is 0 Å². The monoisotopic (exact) mass is 461 g/mol. The average Bonchev–Trinajstić information content (AvgIpc) is 3.07. The molecule has 6 nitrogen and oxygen atoms in total. The first-order valence-electron chi connectivity index (χ1n) is 11.0. The van der Waals surface area contributed by atoms with Crippen LogP contribution in [0.1, 0.15) is 47.6 Å². The lowest BCUT2D eigenvalue weighted by atomic mass is 10.1. The molecule has 8 heteroatoms. The number of halogens is 1. The van der Waals surface area contributed by atoms with Crippen molar-refractivity contribution in [1.82, 2.24) is 14.5 Å². The maximum absolute atomic E-state index is 13.2. The Bertz CT molecular complexity index is 1000. The van der Waals surface area contributed by atoms with Crippen molar-refractivity contribution in [1.29, 1.82) is 0 Å². The number of benzene rings is 2. The number of likely N-dealkylation sites (N-methyl/N-ethyl adjacent to an activating group) is 1. The molecule has 0 aromatic heterocycles. The van der Waals surface area contributed by atoms with E-state index in [4.69, 9.17) is 0 Å². The van der Waals surface area contributed by atoms with Crippen LogP contribution >= 0.6 is 0 Å². The molecule has 1 unspecified atom stereocenters. The molecule has 1 fully saturated rings. The summed E-state index contributed by atoms with van der Waals surface area (Å²) in [5, 5.41) is 3.16. The number of hydrogen-bond donors (Lipinski definition) is 1. The molecule has 0 spiro atoms. The van der Waals surface area contributed by atoms with E-state index in [0.717, 1.165) is 31.2 Å². The van der Waals surface area contributed by atoms with Gasteiger partial charge in [0.15, 0.2) is 5.78 Å². The molecule has 1 atom stereocenters. The average molecular weight is 462 g/mol. The second kappa shape index (κ2) is 11.1. The quantitative estimate of drug-likeness (QED) is 0.579. The van der Waals surface area contributed by atoms with Gasteiger partial charge in [-0.25, -0.2) is 12.8 Å². The van der Waals surface area contributed by atoms with Crippen molar-refractivity contribution >= 4 is 15.8 Å². The van der Waals surface area contributed by atoms with Crippen LogP contribution < -0.4 is 5.32 Å². The standard InChI is InChI=1S/C24H32FN3O3S/c1-27(2)23(19-10-12-21(25)13-11-19)17-26-18-24(29)20-8-7-9-22(16-20)32(30,31)28-14-5-3-4-6-15-28/h7-13,16,23,26H,3-6,14-15,17-18H2,1-2H3. The Kier molecular flexibility index (Phi) is 8.53. The zero-order valence-corrected chi connectivity index (χ0v) is 19.6. The van der Waals surface area contributed by atoms with Gasteiger partial charge < -0.3 is 10.2 Å². The van der Waals surface area contributed by atoms with Crippen LogP contribution in [0.15, 0.2) is 53.4 Å². The smallest absolute Gasteiger partial charge is 0.243 e. The Morgan fingerprint density at radius 3 is 2.34 bits per heavy atom. The summed E-state index contributed by atoms with van der Waals surface area (Å²) in [7, 11) is 0.248. The summed E-state index contributed by atoms with van der Waals surface area (Å²) < 4.78 is 40.8. The van der Waals surface area contributed by atoms with Crippen LogP contribution in [0.4, 0.5) is 4.39 Å². The number of nitrogens with zero attached hydrogens (tertiary/aromatic N) is 2. The highest BCUT2D eigenvalue weighted by atomic mass is 32.2. The van der Waals surface area contributed by atoms with Crippen LogP contribution in [-0.2, 0) is 10.0 Å². The Balaban J connectivity index is 1.64. The lowest BCUT2D eigenvalue weighted by molar-refractivity contribution is 0.0988. The first-order chi connectivity index (χ1) is 15.3. The number of nitrogens with one attached hydrogen (secondary N) is 1. The number of Topliss-reactive ketones (excluding diaryl/α,β-unsaturated/α-hetero) is 1. The largest absolute Gasteiger partial charge is 0.308 e. The van der Waals surface area contributed by atoms with Gasteiger partial charge in [-0.3, -0.25) is 4.79 Å². The maximum atomic E-state index is 13.2. The highest BCUT2D eigenvalue weighted by Gasteiger charge is 2.25. The molecule has 0 amide bonds. The van der Waals surface area contributed by atoms with Gasteiger partial charge in [-0.05, 0) is 56.8 Å². The Morgan fingerprint density at radius 2 is 1.72 bits per heavy atom. The van der Waals surface area contributed by atoms with E-state index >= 15 is 0 Å². The van der Waals surface area contributed by atoms with Gasteiger partial charge in [0.25, 0.3) is 0 Å². The third-order valence-electron chi connectivity index (χ3n) is 5.86. The summed E-state index contributed by atoms with van der Waals surface area (Å²) in [6, 6.07) is 12.6. The summed E-state index contributed by atoms with van der Waals surface area (Å²) in [4.78, 5) is 14.9. The van der Waals surface area contributed by atoms with E-state index in [9.17, 15) is 17.6 Å². The van der Waals surface area contributed by atoms with E-state index in [2.05, 4.69) is 5.32 Å². The first kappa shape index (κ1) is 24.5. The van der Waals surface area contributed by atoms with E-state index in [-0.39, 0.29) is 29.1 Å². The third-order valence-corrected chi connectivity index (χ3v) is 7.75. The summed E-state index contributed by atoms with van der Waals surface area (Å²) in [5.41, 5.74) is 1.32. The van der Waals surface area contributed by atoms with Gasteiger partial charge in [0.05, 0.1) is 11.4 Å². The minimum atomic E-state index is -3.60. The van der Waals surface area contributed by atoms with Gasteiger partial charge in [-0.1, -0.05) is 37.1 Å². The Hall–Kier alpha value is -2.13. The summed E-state index contributed by atoms with van der Waals surface area (Å²) in [6.45, 7) is 1.63. The zero-order valence-electron chi connectivity index (χ0n) is 18.8. The van der Waals surface area contributed by atoms with E-state index < -0.39 is 10.0 Å². The number of ketones is 1. The molecule has 0 saturated carbocycles. The van der Waals surface area contributed by atoms with Crippen LogP contribution in [0.3, 0.4) is 0 Å². The van der Waals surface area contributed by atoms with Crippen molar-refractivity contribution in [3.8, 4) is 0 Å². The fourth-order valence-corrected chi connectivity index (χ4v) is 5.53. The highest BCUT2D eigenvalue weighted by Crippen LogP contribution is 2.22. The van der Waals surface area contributed by atoms with Gasteiger partial charge in [0.2, 0.25) is 10.0 Å². The van der Waals surface area contributed by atoms with Crippen molar-refractivity contribution in [2.45, 2.75) is 36.6 Å². The molecule has 1 heterocycles. The molecule has 1 aliphatic rings. The molecule has 32 heavy (non-hydrogen) atoms. The number of carbonyl (C=O) groups is 1. The lowest BCUT2D eigenvalue weighted by Crippen LogP contribution is -2.34. The zero-order chi connectivity index (χ0) is 23.1. The number of hydrogen-bond acceptors (Lipinski definition) is 5.